The average Bonchev–Trinajstić information content (AvgIpc) is 4.08. The highest BCUT2D eigenvalue weighted by Crippen LogP contribution is 2.54. The lowest BCUT2D eigenvalue weighted by Gasteiger charge is -2.14. The summed E-state index contributed by atoms with van der Waals surface area (Å²) in [5.41, 5.74) is 7.81. The van der Waals surface area contributed by atoms with Crippen LogP contribution in [0.25, 0.3) is 136 Å². The van der Waals surface area contributed by atoms with E-state index < -0.39 is 34.3 Å². The summed E-state index contributed by atoms with van der Waals surface area (Å²) in [7, 11) is 0. The largest absolute Gasteiger partial charge is 0.504 e. The van der Waals surface area contributed by atoms with Crippen molar-refractivity contribution in [1.29, 1.82) is 0 Å². The summed E-state index contributed by atoms with van der Waals surface area (Å²) >= 11 is 1.64. The van der Waals surface area contributed by atoms with Crippen LogP contribution in [0.2, 0.25) is 0 Å². The molecule has 70 heavy (non-hydrogen) atoms. The lowest BCUT2D eigenvalue weighted by atomic mass is 9.98. The number of hydrogen-bond donors (Lipinski definition) is 5. The molecule has 0 aliphatic carbocycles. The first-order valence-electron chi connectivity index (χ1n) is 22.5. The molecule has 0 aliphatic rings. The van der Waals surface area contributed by atoms with E-state index in [1.54, 1.807) is 11.3 Å². The van der Waals surface area contributed by atoms with Crippen LogP contribution in [0.1, 0.15) is 0 Å². The minimum Gasteiger partial charge on any atom is -0.504 e. The second kappa shape index (κ2) is 14.8. The van der Waals surface area contributed by atoms with Crippen molar-refractivity contribution in [2.75, 3.05) is 0 Å². The van der Waals surface area contributed by atoms with Gasteiger partial charge < -0.3 is 34.5 Å². The molecule has 0 saturated carbocycles. The minimum atomic E-state index is -1.08. The predicted octanol–water partition coefficient (Wildman–Crippen LogP) is 14.7. The van der Waals surface area contributed by atoms with E-state index in [9.17, 15) is 25.5 Å². The van der Waals surface area contributed by atoms with E-state index in [-0.39, 0.29) is 17.5 Å². The minimum absolute atomic E-state index is 0.208. The van der Waals surface area contributed by atoms with Gasteiger partial charge in [0.25, 0.3) is 0 Å². The monoisotopic (exact) mass is 926 g/mol. The molecule has 4 aromatic heterocycles. The number of rotatable bonds is 5. The van der Waals surface area contributed by atoms with Gasteiger partial charge in [0, 0.05) is 52.8 Å². The molecule has 0 unspecified atom stereocenters. The molecule has 0 bridgehead atoms. The molecule has 11 heteroatoms. The highest BCUT2D eigenvalue weighted by molar-refractivity contribution is 7.26. The number of furan rings is 1. The highest BCUT2D eigenvalue weighted by atomic mass is 32.1. The third kappa shape index (κ3) is 5.76. The first-order valence-corrected chi connectivity index (χ1v) is 23.4. The van der Waals surface area contributed by atoms with Gasteiger partial charge in [0.1, 0.15) is 16.7 Å². The number of fused-ring (bicyclic) bond motifs is 12. The number of aromatic hydroxyl groups is 5. The summed E-state index contributed by atoms with van der Waals surface area (Å²) in [6.45, 7) is 0. The molecule has 0 saturated heterocycles. The van der Waals surface area contributed by atoms with E-state index in [1.807, 2.05) is 66.7 Å². The smallest absolute Gasteiger partial charge is 0.208 e. The van der Waals surface area contributed by atoms with Gasteiger partial charge in [-0.15, -0.1) is 11.3 Å². The number of nitrogens with zero attached hydrogens (tertiary/aromatic N) is 4. The number of hydrogen-bond acceptors (Lipinski definition) is 10. The van der Waals surface area contributed by atoms with Crippen molar-refractivity contribution >= 4 is 96.8 Å². The molecule has 0 spiro atoms. The normalized spacial score (nSPS) is 12.0. The Balaban J connectivity index is 0.942. The van der Waals surface area contributed by atoms with E-state index in [4.69, 9.17) is 14.4 Å². The Morgan fingerprint density at radius 3 is 1.81 bits per heavy atom. The fourth-order valence-electron chi connectivity index (χ4n) is 10.3. The molecule has 332 valence electrons. The van der Waals surface area contributed by atoms with Crippen LogP contribution in [0, 0.1) is 0 Å². The molecule has 0 radical (unpaired) electrons. The molecule has 0 fully saturated rings. The summed E-state index contributed by atoms with van der Waals surface area (Å²) in [6.07, 6.45) is 0. The van der Waals surface area contributed by atoms with Gasteiger partial charge in [0.15, 0.2) is 29.0 Å². The fourth-order valence-corrected chi connectivity index (χ4v) is 11.5. The van der Waals surface area contributed by atoms with Crippen molar-refractivity contribution in [3.63, 3.8) is 0 Å². The van der Waals surface area contributed by atoms with Crippen molar-refractivity contribution in [2.24, 2.45) is 0 Å². The van der Waals surface area contributed by atoms with Crippen molar-refractivity contribution < 1.29 is 29.9 Å². The fraction of sp³-hybridized carbons (Fsp3) is 0. The van der Waals surface area contributed by atoms with Crippen LogP contribution < -0.4 is 0 Å². The van der Waals surface area contributed by atoms with Gasteiger partial charge in [-0.1, -0.05) is 121 Å². The zero-order chi connectivity index (χ0) is 46.9. The van der Waals surface area contributed by atoms with E-state index >= 15 is 0 Å². The topological polar surface area (TPSA) is 158 Å². The number of thiophene rings is 1. The molecule has 4 heterocycles. The van der Waals surface area contributed by atoms with Gasteiger partial charge in [-0.05, 0) is 87.3 Å². The molecule has 14 aromatic rings. The number of aromatic nitrogens is 4. The van der Waals surface area contributed by atoms with Crippen molar-refractivity contribution in [3.8, 4) is 79.7 Å². The van der Waals surface area contributed by atoms with Gasteiger partial charge >= 0.3 is 0 Å². The molecule has 14 rings (SSSR count). The van der Waals surface area contributed by atoms with Crippen LogP contribution in [0.15, 0.2) is 180 Å². The SMILES string of the molecule is Oc1c(O)c(O)c(-c2nc(-c3ccc4c(ccc5ccccc54)c3)nc(-c3ccc4c(c3)sc3cccc(-n5c6ccccc6c6c(-c7ccc8c(c7)oc7ccccc78)cccc65)c34)n2)c(O)c1O. The first kappa shape index (κ1) is 39.7. The number of phenols is 5. The molecule has 0 aliphatic heterocycles. The van der Waals surface area contributed by atoms with Crippen molar-refractivity contribution in [2.45, 2.75) is 0 Å². The molecule has 10 aromatic carbocycles. The zero-order valence-corrected chi connectivity index (χ0v) is 37.4. The third-order valence-electron chi connectivity index (χ3n) is 13.6. The Kier molecular flexibility index (Phi) is 8.38. The summed E-state index contributed by atoms with van der Waals surface area (Å²) < 4.78 is 10.7. The Bertz CT molecular complexity index is 4540. The summed E-state index contributed by atoms with van der Waals surface area (Å²) in [5, 5.41) is 64.4. The summed E-state index contributed by atoms with van der Waals surface area (Å²) in [4.78, 5) is 14.4. The maximum Gasteiger partial charge on any atom is 0.208 e. The summed E-state index contributed by atoms with van der Waals surface area (Å²) in [6, 6.07) is 60.1. The molecular weight excluding hydrogens is 893 g/mol. The first-order chi connectivity index (χ1) is 34.3. The zero-order valence-electron chi connectivity index (χ0n) is 36.6. The second-order valence-corrected chi connectivity index (χ2v) is 18.6. The average molecular weight is 927 g/mol. The third-order valence-corrected chi connectivity index (χ3v) is 14.7. The molecule has 0 atom stereocenters. The van der Waals surface area contributed by atoms with Crippen LogP contribution in [0.4, 0.5) is 0 Å². The quantitative estimate of drug-likeness (QED) is 0.0644. The van der Waals surface area contributed by atoms with E-state index in [1.165, 1.54) is 0 Å². The van der Waals surface area contributed by atoms with Gasteiger partial charge in [0.2, 0.25) is 17.2 Å². The van der Waals surface area contributed by atoms with Crippen molar-refractivity contribution in [3.05, 3.63) is 176 Å². The molecule has 5 N–H and O–H groups in total. The Morgan fingerprint density at radius 1 is 0.386 bits per heavy atom. The van der Waals surface area contributed by atoms with Crippen LogP contribution in [-0.2, 0) is 0 Å². The summed E-state index contributed by atoms with van der Waals surface area (Å²) in [5.74, 6) is -4.76. The van der Waals surface area contributed by atoms with Gasteiger partial charge in [0.05, 0.1) is 16.7 Å². The van der Waals surface area contributed by atoms with Crippen LogP contribution in [-0.4, -0.2) is 45.1 Å². The second-order valence-electron chi connectivity index (χ2n) is 17.5. The number of phenolic OH excluding ortho intramolecular Hbond substituents is 5. The lowest BCUT2D eigenvalue weighted by molar-refractivity contribution is 0.329. The Morgan fingerprint density at radius 2 is 0.986 bits per heavy atom. The van der Waals surface area contributed by atoms with Crippen LogP contribution >= 0.6 is 11.3 Å². The molecule has 0 amide bonds. The maximum absolute atomic E-state index is 11.1. The Hall–Kier alpha value is -9.45. The van der Waals surface area contributed by atoms with Crippen LogP contribution in [0.5, 0.6) is 28.7 Å². The molecular formula is C59H34N4O6S. The lowest BCUT2D eigenvalue weighted by Crippen LogP contribution is -2.01. The number of para-hydroxylation sites is 2. The maximum atomic E-state index is 11.1. The van der Waals surface area contributed by atoms with Crippen LogP contribution in [0.3, 0.4) is 0 Å². The van der Waals surface area contributed by atoms with E-state index in [0.717, 1.165) is 102 Å². The Labute approximate surface area is 400 Å². The molecule has 10 nitrogen and oxygen atoms in total. The predicted molar refractivity (Wildman–Crippen MR) is 279 cm³/mol. The van der Waals surface area contributed by atoms with Crippen molar-refractivity contribution in [1.82, 2.24) is 19.5 Å². The number of benzene rings is 10. The highest BCUT2D eigenvalue weighted by Gasteiger charge is 2.28. The van der Waals surface area contributed by atoms with E-state index in [2.05, 4.69) is 119 Å². The van der Waals surface area contributed by atoms with Gasteiger partial charge in [-0.3, -0.25) is 0 Å². The standard InChI is InChI=1S/C59H34N4O6S/c64-52-51(53(65)55(67)56(68)54(52)66)59-61-57(33-22-24-36-31(27-33)20-19-30-9-1-2-10-35(30)36)60-58(62-59)34-23-26-41-48(29-34)70-47-18-8-16-44(50(41)47)63-42-14-5-3-12-40(42)49-37(13-7-15-43(49)63)32-21-25-39-38-11-4-6-17-45(38)69-46(39)28-32/h1-29,64-68H. The van der Waals surface area contributed by atoms with Gasteiger partial charge in [-0.25, -0.2) is 15.0 Å². The van der Waals surface area contributed by atoms with E-state index in [0.29, 0.717) is 11.1 Å². The van der Waals surface area contributed by atoms with Gasteiger partial charge in [-0.2, -0.15) is 0 Å².